The normalized spacial score (nSPS) is 11.9. The van der Waals surface area contributed by atoms with Crippen LogP contribution in [0, 0.1) is 0 Å². The lowest BCUT2D eigenvalue weighted by atomic mass is 9.93. The van der Waals surface area contributed by atoms with Gasteiger partial charge in [-0.05, 0) is 79.4 Å². The Kier molecular flexibility index (Phi) is 7.70. The molecule has 6 aromatic carbocycles. The minimum Gasteiger partial charge on any atom is -0.264 e. The molecule has 0 aliphatic carbocycles. The zero-order valence-electron chi connectivity index (χ0n) is 26.3. The van der Waals surface area contributed by atoms with E-state index < -0.39 is 0 Å². The van der Waals surface area contributed by atoms with Crippen LogP contribution < -0.4 is 0 Å². The van der Waals surface area contributed by atoms with Crippen molar-refractivity contribution in [2.75, 3.05) is 0 Å². The lowest BCUT2D eigenvalue weighted by molar-refractivity contribution is 1.16. The molecule has 0 fully saturated rings. The minimum absolute atomic E-state index is 0.675. The highest BCUT2D eigenvalue weighted by molar-refractivity contribution is 6.25. The summed E-state index contributed by atoms with van der Waals surface area (Å²) in [4.78, 5) is 14.6. The summed E-state index contributed by atoms with van der Waals surface area (Å²) in [6, 6.07) is 48.7. The summed E-state index contributed by atoms with van der Waals surface area (Å²) >= 11 is 0. The molecule has 0 amide bonds. The van der Waals surface area contributed by atoms with Gasteiger partial charge in [0.1, 0.15) is 0 Å². The highest BCUT2D eigenvalue weighted by Gasteiger charge is 2.13. The average Bonchev–Trinajstić information content (AvgIpc) is 3.17. The number of rotatable bonds is 7. The predicted molar refractivity (Wildman–Crippen MR) is 202 cm³/mol. The molecule has 3 heteroatoms. The van der Waals surface area contributed by atoms with Gasteiger partial charge in [0.2, 0.25) is 0 Å². The van der Waals surface area contributed by atoms with Crippen molar-refractivity contribution in [1.29, 1.82) is 0 Å². The van der Waals surface area contributed by atoms with Crippen LogP contribution in [0.15, 0.2) is 177 Å². The van der Waals surface area contributed by atoms with E-state index in [0.29, 0.717) is 5.82 Å². The van der Waals surface area contributed by atoms with Crippen LogP contribution in [-0.2, 0) is 0 Å². The van der Waals surface area contributed by atoms with Crippen LogP contribution in [0.1, 0.15) is 11.3 Å². The maximum Gasteiger partial charge on any atom is 0.160 e. The van der Waals surface area contributed by atoms with Crippen LogP contribution in [0.2, 0.25) is 0 Å². The number of aromatic nitrogens is 3. The summed E-state index contributed by atoms with van der Waals surface area (Å²) in [6.45, 7) is 4.04. The molecule has 3 nitrogen and oxygen atoms in total. The third-order valence-electron chi connectivity index (χ3n) is 8.77. The van der Waals surface area contributed by atoms with Gasteiger partial charge in [-0.1, -0.05) is 140 Å². The summed E-state index contributed by atoms with van der Waals surface area (Å²) < 4.78 is 0. The van der Waals surface area contributed by atoms with E-state index in [1.807, 2.05) is 48.7 Å². The summed E-state index contributed by atoms with van der Waals surface area (Å²) in [7, 11) is 0. The van der Waals surface area contributed by atoms with Gasteiger partial charge in [-0.2, -0.15) is 0 Å². The summed E-state index contributed by atoms with van der Waals surface area (Å²) in [5, 5.41) is 7.37. The molecule has 0 atom stereocenters. The van der Waals surface area contributed by atoms with E-state index >= 15 is 0 Å². The lowest BCUT2D eigenvalue weighted by Crippen LogP contribution is -1.96. The first-order valence-corrected chi connectivity index (χ1v) is 16.0. The first-order chi connectivity index (χ1) is 23.7. The Hall–Kier alpha value is -6.45. The van der Waals surface area contributed by atoms with Crippen molar-refractivity contribution in [3.8, 4) is 33.8 Å². The molecule has 2 heterocycles. The molecule has 8 rings (SSSR count). The maximum atomic E-state index is 5.17. The van der Waals surface area contributed by atoms with E-state index in [0.717, 1.165) is 44.8 Å². The van der Waals surface area contributed by atoms with Gasteiger partial charge in [-0.25, -0.2) is 9.97 Å². The van der Waals surface area contributed by atoms with Gasteiger partial charge >= 0.3 is 0 Å². The molecule has 0 aliphatic rings. The number of hydrogen-bond donors (Lipinski definition) is 0. The molecule has 0 saturated carbocycles. The van der Waals surface area contributed by atoms with E-state index in [1.165, 1.54) is 32.3 Å². The van der Waals surface area contributed by atoms with Crippen LogP contribution in [0.3, 0.4) is 0 Å². The van der Waals surface area contributed by atoms with Crippen molar-refractivity contribution in [3.63, 3.8) is 0 Å². The molecular weight excluding hydrogens is 583 g/mol. The van der Waals surface area contributed by atoms with Crippen molar-refractivity contribution in [2.24, 2.45) is 0 Å². The highest BCUT2D eigenvalue weighted by atomic mass is 14.9. The number of allylic oxidation sites excluding steroid dienone is 4. The molecule has 226 valence electrons. The molecule has 8 aromatic rings. The van der Waals surface area contributed by atoms with Crippen LogP contribution in [0.25, 0.3) is 77.7 Å². The van der Waals surface area contributed by atoms with Gasteiger partial charge in [-0.3, -0.25) is 4.98 Å². The number of nitrogens with zero attached hydrogens (tertiary/aromatic N) is 3. The predicted octanol–water partition coefficient (Wildman–Crippen LogP) is 11.6. The van der Waals surface area contributed by atoms with Crippen molar-refractivity contribution >= 4 is 44.0 Å². The van der Waals surface area contributed by atoms with Crippen molar-refractivity contribution in [3.05, 3.63) is 188 Å². The fourth-order valence-corrected chi connectivity index (χ4v) is 6.43. The average molecular weight is 614 g/mol. The van der Waals surface area contributed by atoms with Crippen LogP contribution >= 0.6 is 0 Å². The monoisotopic (exact) mass is 613 g/mol. The van der Waals surface area contributed by atoms with Crippen molar-refractivity contribution < 1.29 is 0 Å². The maximum absolute atomic E-state index is 5.17. The first kappa shape index (κ1) is 29.0. The van der Waals surface area contributed by atoms with Crippen LogP contribution in [0.5, 0.6) is 0 Å². The molecule has 2 aromatic heterocycles. The second-order valence-corrected chi connectivity index (χ2v) is 11.7. The second kappa shape index (κ2) is 12.7. The SMILES string of the molecule is C=C/C(=C\C=C\c1cc(-c2cccc(-c3cccnc3)c2)nc(-c2ccc3c4ccccc4c4ccccc4c3c2)n1)c1ccccc1. The van der Waals surface area contributed by atoms with Gasteiger partial charge in [-0.15, -0.1) is 0 Å². The van der Waals surface area contributed by atoms with E-state index in [2.05, 4.69) is 133 Å². The van der Waals surface area contributed by atoms with Gasteiger partial charge in [0.15, 0.2) is 5.82 Å². The molecule has 0 N–H and O–H groups in total. The summed E-state index contributed by atoms with van der Waals surface area (Å²) in [5.74, 6) is 0.675. The fourth-order valence-electron chi connectivity index (χ4n) is 6.43. The summed E-state index contributed by atoms with van der Waals surface area (Å²) in [6.07, 6.45) is 11.7. The zero-order chi connectivity index (χ0) is 32.3. The number of benzene rings is 6. The Morgan fingerprint density at radius 3 is 1.90 bits per heavy atom. The van der Waals surface area contributed by atoms with Gasteiger partial charge < -0.3 is 0 Å². The van der Waals surface area contributed by atoms with E-state index in [4.69, 9.17) is 9.97 Å². The van der Waals surface area contributed by atoms with Crippen molar-refractivity contribution in [2.45, 2.75) is 0 Å². The quantitative estimate of drug-likeness (QED) is 0.133. The molecule has 0 aliphatic heterocycles. The lowest BCUT2D eigenvalue weighted by Gasteiger charge is -2.12. The third kappa shape index (κ3) is 5.59. The highest BCUT2D eigenvalue weighted by Crippen LogP contribution is 2.37. The molecule has 0 unspecified atom stereocenters. The largest absolute Gasteiger partial charge is 0.264 e. The Balaban J connectivity index is 1.29. The fraction of sp³-hybridized carbons (Fsp3) is 0. The second-order valence-electron chi connectivity index (χ2n) is 11.7. The Bertz CT molecular complexity index is 2480. The van der Waals surface area contributed by atoms with E-state index in [1.54, 1.807) is 6.20 Å². The molecule has 0 spiro atoms. The molecular formula is C45H31N3. The Morgan fingerprint density at radius 1 is 0.521 bits per heavy atom. The number of hydrogen-bond acceptors (Lipinski definition) is 3. The molecule has 0 radical (unpaired) electrons. The number of pyridine rings is 1. The standard InChI is InChI=1S/C45H31N3/c1-2-31(32-13-4-3-5-14-32)15-11-19-37-29-44(34-17-10-16-33(27-34)36-18-12-26-46-30-36)48-45(47-37)35-24-25-42-40-22-7-6-20-38(40)39-21-8-9-23-41(39)43(42)28-35/h2-30H,1H2/b19-11+,31-15+. The molecule has 0 saturated heterocycles. The topological polar surface area (TPSA) is 38.7 Å². The Labute approximate surface area is 279 Å². The smallest absolute Gasteiger partial charge is 0.160 e. The zero-order valence-corrected chi connectivity index (χ0v) is 26.3. The van der Waals surface area contributed by atoms with Crippen molar-refractivity contribution in [1.82, 2.24) is 15.0 Å². The van der Waals surface area contributed by atoms with Gasteiger partial charge in [0, 0.05) is 29.1 Å². The number of fused-ring (bicyclic) bond motifs is 6. The third-order valence-corrected chi connectivity index (χ3v) is 8.77. The summed E-state index contributed by atoms with van der Waals surface area (Å²) in [5.41, 5.74) is 7.95. The molecule has 48 heavy (non-hydrogen) atoms. The molecule has 0 bridgehead atoms. The van der Waals surface area contributed by atoms with E-state index in [9.17, 15) is 0 Å². The minimum atomic E-state index is 0.675. The van der Waals surface area contributed by atoms with Gasteiger partial charge in [0.05, 0.1) is 11.4 Å². The van der Waals surface area contributed by atoms with Gasteiger partial charge in [0.25, 0.3) is 0 Å². The van der Waals surface area contributed by atoms with Crippen LogP contribution in [-0.4, -0.2) is 15.0 Å². The van der Waals surface area contributed by atoms with E-state index in [-0.39, 0.29) is 0 Å². The first-order valence-electron chi connectivity index (χ1n) is 16.0. The Morgan fingerprint density at radius 2 is 1.19 bits per heavy atom. The van der Waals surface area contributed by atoms with Crippen LogP contribution in [0.4, 0.5) is 0 Å².